The molecule has 0 bridgehead atoms. The quantitative estimate of drug-likeness (QED) is 0.767. The van der Waals surface area contributed by atoms with Gasteiger partial charge in [-0.15, -0.1) is 0 Å². The molecule has 1 aliphatic carbocycles. The van der Waals surface area contributed by atoms with E-state index in [4.69, 9.17) is 0 Å². The van der Waals surface area contributed by atoms with Crippen molar-refractivity contribution < 1.29 is 5.11 Å². The molecule has 1 aliphatic rings. The van der Waals surface area contributed by atoms with Gasteiger partial charge >= 0.3 is 0 Å². The number of nitrogens with one attached hydrogen (secondary N) is 1. The second-order valence-corrected chi connectivity index (χ2v) is 4.70. The van der Waals surface area contributed by atoms with Gasteiger partial charge in [0, 0.05) is 19.0 Å². The largest absolute Gasteiger partial charge is 0.392 e. The van der Waals surface area contributed by atoms with E-state index >= 15 is 0 Å². The van der Waals surface area contributed by atoms with Crippen molar-refractivity contribution in [1.82, 2.24) is 5.32 Å². The van der Waals surface area contributed by atoms with Crippen LogP contribution in [0.15, 0.2) is 24.3 Å². The van der Waals surface area contributed by atoms with Crippen LogP contribution in [0.4, 0.5) is 0 Å². The van der Waals surface area contributed by atoms with Crippen LogP contribution in [-0.2, 0) is 6.42 Å². The van der Waals surface area contributed by atoms with Gasteiger partial charge in [-0.3, -0.25) is 0 Å². The zero-order chi connectivity index (χ0) is 11.4. The molecule has 0 amide bonds. The lowest BCUT2D eigenvalue weighted by atomic mass is 9.77. The van der Waals surface area contributed by atoms with Crippen LogP contribution in [0.25, 0.3) is 0 Å². The Morgan fingerprint density at radius 2 is 2.25 bits per heavy atom. The van der Waals surface area contributed by atoms with Gasteiger partial charge in [0.25, 0.3) is 0 Å². The molecule has 2 heteroatoms. The van der Waals surface area contributed by atoms with Crippen molar-refractivity contribution in [2.24, 2.45) is 0 Å². The summed E-state index contributed by atoms with van der Waals surface area (Å²) < 4.78 is 0. The van der Waals surface area contributed by atoms with Gasteiger partial charge in [0.2, 0.25) is 0 Å². The zero-order valence-electron chi connectivity index (χ0n) is 9.95. The van der Waals surface area contributed by atoms with Gasteiger partial charge in [0.1, 0.15) is 0 Å². The minimum Gasteiger partial charge on any atom is -0.392 e. The number of rotatable bonds is 6. The van der Waals surface area contributed by atoms with Crippen LogP contribution >= 0.6 is 0 Å². The number of benzene rings is 1. The standard InChI is InChI=1S/C14H21NO/c1-2-5-13(16)10-15-9-12-8-11-6-3-4-7-14(11)12/h3-4,6-7,12-13,15-16H,2,5,8-10H2,1H3. The Morgan fingerprint density at radius 1 is 1.44 bits per heavy atom. The summed E-state index contributed by atoms with van der Waals surface area (Å²) >= 11 is 0. The first-order valence-corrected chi connectivity index (χ1v) is 6.27. The molecule has 1 aromatic rings. The van der Waals surface area contributed by atoms with Gasteiger partial charge < -0.3 is 10.4 Å². The normalized spacial score (nSPS) is 20.0. The van der Waals surface area contributed by atoms with E-state index in [-0.39, 0.29) is 6.10 Å². The van der Waals surface area contributed by atoms with Crippen LogP contribution in [0.3, 0.4) is 0 Å². The molecule has 2 N–H and O–H groups in total. The van der Waals surface area contributed by atoms with Crippen LogP contribution in [-0.4, -0.2) is 24.3 Å². The second kappa shape index (κ2) is 5.46. The molecule has 1 aromatic carbocycles. The van der Waals surface area contributed by atoms with Crippen LogP contribution in [0, 0.1) is 0 Å². The lowest BCUT2D eigenvalue weighted by Crippen LogP contribution is -2.33. The Hall–Kier alpha value is -0.860. The summed E-state index contributed by atoms with van der Waals surface area (Å²) in [7, 11) is 0. The number of fused-ring (bicyclic) bond motifs is 1. The molecule has 16 heavy (non-hydrogen) atoms. The fourth-order valence-corrected chi connectivity index (χ4v) is 2.40. The number of hydrogen-bond donors (Lipinski definition) is 2. The molecule has 2 atom stereocenters. The number of aliphatic hydroxyl groups excluding tert-OH is 1. The fraction of sp³-hybridized carbons (Fsp3) is 0.571. The highest BCUT2D eigenvalue weighted by atomic mass is 16.3. The summed E-state index contributed by atoms with van der Waals surface area (Å²) in [5, 5.41) is 12.9. The maximum atomic E-state index is 9.59. The van der Waals surface area contributed by atoms with E-state index in [0.29, 0.717) is 5.92 Å². The van der Waals surface area contributed by atoms with E-state index in [2.05, 4.69) is 36.5 Å². The molecular weight excluding hydrogens is 198 g/mol. The second-order valence-electron chi connectivity index (χ2n) is 4.70. The van der Waals surface area contributed by atoms with Gasteiger partial charge in [0.05, 0.1) is 6.10 Å². The predicted molar refractivity (Wildman–Crippen MR) is 66.7 cm³/mol. The Labute approximate surface area is 97.7 Å². The zero-order valence-corrected chi connectivity index (χ0v) is 9.95. The van der Waals surface area contributed by atoms with E-state index in [1.807, 2.05) is 0 Å². The van der Waals surface area contributed by atoms with Crippen LogP contribution < -0.4 is 5.32 Å². The average molecular weight is 219 g/mol. The molecule has 0 saturated carbocycles. The van der Waals surface area contributed by atoms with E-state index in [1.54, 1.807) is 0 Å². The van der Waals surface area contributed by atoms with Crippen molar-refractivity contribution in [2.45, 2.75) is 38.2 Å². The van der Waals surface area contributed by atoms with Crippen molar-refractivity contribution >= 4 is 0 Å². The molecule has 0 saturated heterocycles. The first kappa shape index (κ1) is 11.6. The lowest BCUT2D eigenvalue weighted by Gasteiger charge is -2.30. The molecule has 0 fully saturated rings. The molecule has 0 radical (unpaired) electrons. The molecule has 2 nitrogen and oxygen atoms in total. The minimum atomic E-state index is -0.180. The summed E-state index contributed by atoms with van der Waals surface area (Å²) in [6, 6.07) is 8.63. The van der Waals surface area contributed by atoms with Crippen LogP contribution in [0.1, 0.15) is 36.8 Å². The van der Waals surface area contributed by atoms with Gasteiger partial charge in [-0.05, 0) is 24.0 Å². The fourth-order valence-electron chi connectivity index (χ4n) is 2.40. The van der Waals surface area contributed by atoms with Crippen LogP contribution in [0.5, 0.6) is 0 Å². The molecule has 88 valence electrons. The molecule has 0 aliphatic heterocycles. The van der Waals surface area contributed by atoms with Crippen molar-refractivity contribution in [2.75, 3.05) is 13.1 Å². The highest BCUT2D eigenvalue weighted by Gasteiger charge is 2.24. The van der Waals surface area contributed by atoms with Crippen molar-refractivity contribution in [3.8, 4) is 0 Å². The Kier molecular flexibility index (Phi) is 3.97. The van der Waals surface area contributed by atoms with Crippen molar-refractivity contribution in [3.63, 3.8) is 0 Å². The SMILES string of the molecule is CCCC(O)CNCC1Cc2ccccc21. The van der Waals surface area contributed by atoms with E-state index in [9.17, 15) is 5.11 Å². The summed E-state index contributed by atoms with van der Waals surface area (Å²) in [6.45, 7) is 3.83. The predicted octanol–water partition coefficient (Wildman–Crippen LogP) is 2.08. The average Bonchev–Trinajstić information content (AvgIpc) is 2.25. The highest BCUT2D eigenvalue weighted by Crippen LogP contribution is 2.33. The molecule has 0 heterocycles. The maximum absolute atomic E-state index is 9.59. The Bertz CT molecular complexity index is 337. The molecule has 0 aromatic heterocycles. The maximum Gasteiger partial charge on any atom is 0.0664 e. The summed E-state index contributed by atoms with van der Waals surface area (Å²) in [4.78, 5) is 0. The summed E-state index contributed by atoms with van der Waals surface area (Å²) in [5.41, 5.74) is 2.98. The smallest absolute Gasteiger partial charge is 0.0664 e. The van der Waals surface area contributed by atoms with Crippen molar-refractivity contribution in [3.05, 3.63) is 35.4 Å². The van der Waals surface area contributed by atoms with Gasteiger partial charge in [-0.2, -0.15) is 0 Å². The van der Waals surface area contributed by atoms with E-state index in [1.165, 1.54) is 17.5 Å². The van der Waals surface area contributed by atoms with E-state index in [0.717, 1.165) is 25.9 Å². The summed E-state index contributed by atoms with van der Waals surface area (Å²) in [6.07, 6.45) is 2.96. The van der Waals surface area contributed by atoms with Gasteiger partial charge in [-0.1, -0.05) is 37.6 Å². The Morgan fingerprint density at radius 3 is 3.00 bits per heavy atom. The van der Waals surface area contributed by atoms with Crippen molar-refractivity contribution in [1.29, 1.82) is 0 Å². The lowest BCUT2D eigenvalue weighted by molar-refractivity contribution is 0.160. The first-order valence-electron chi connectivity index (χ1n) is 6.27. The monoisotopic (exact) mass is 219 g/mol. The number of hydrogen-bond acceptors (Lipinski definition) is 2. The first-order chi connectivity index (χ1) is 7.81. The molecular formula is C14H21NO. The molecule has 2 rings (SSSR count). The third-order valence-electron chi connectivity index (χ3n) is 3.35. The molecule has 2 unspecified atom stereocenters. The summed E-state index contributed by atoms with van der Waals surface area (Å²) in [5.74, 6) is 0.657. The van der Waals surface area contributed by atoms with Crippen LogP contribution in [0.2, 0.25) is 0 Å². The third-order valence-corrected chi connectivity index (χ3v) is 3.35. The van der Waals surface area contributed by atoms with Gasteiger partial charge in [0.15, 0.2) is 0 Å². The van der Waals surface area contributed by atoms with E-state index < -0.39 is 0 Å². The Balaban J connectivity index is 1.70. The van der Waals surface area contributed by atoms with Gasteiger partial charge in [-0.25, -0.2) is 0 Å². The third kappa shape index (κ3) is 2.63. The number of aliphatic hydroxyl groups is 1. The highest BCUT2D eigenvalue weighted by molar-refractivity contribution is 5.40. The topological polar surface area (TPSA) is 32.3 Å². The molecule has 0 spiro atoms. The minimum absolute atomic E-state index is 0.180.